The third-order valence-corrected chi connectivity index (χ3v) is 7.23. The highest BCUT2D eigenvalue weighted by atomic mass is 32.2. The van der Waals surface area contributed by atoms with Crippen LogP contribution in [0.4, 0.5) is 11.4 Å². The lowest BCUT2D eigenvalue weighted by molar-refractivity contribution is 0.102. The molecule has 0 spiro atoms. The number of nitrogens with zero attached hydrogens (tertiary/aromatic N) is 1. The van der Waals surface area contributed by atoms with E-state index < -0.39 is 10.0 Å². The predicted molar refractivity (Wildman–Crippen MR) is 117 cm³/mol. The van der Waals surface area contributed by atoms with Gasteiger partial charge in [-0.3, -0.25) is 9.10 Å². The van der Waals surface area contributed by atoms with Gasteiger partial charge in [0.1, 0.15) is 9.96 Å². The van der Waals surface area contributed by atoms with Crippen molar-refractivity contribution in [2.24, 2.45) is 0 Å². The highest BCUT2D eigenvalue weighted by molar-refractivity contribution is 7.94. The Kier molecular flexibility index (Phi) is 6.24. The van der Waals surface area contributed by atoms with E-state index >= 15 is 0 Å². The summed E-state index contributed by atoms with van der Waals surface area (Å²) in [6.07, 6.45) is 0.0379. The smallest absolute Gasteiger partial charge is 0.273 e. The zero-order valence-corrected chi connectivity index (χ0v) is 18.0. The molecule has 0 aliphatic rings. The van der Waals surface area contributed by atoms with Gasteiger partial charge in [-0.2, -0.15) is 0 Å². The zero-order chi connectivity index (χ0) is 21.0. The van der Waals surface area contributed by atoms with Crippen LogP contribution in [0.25, 0.3) is 0 Å². The van der Waals surface area contributed by atoms with Crippen LogP contribution >= 0.6 is 11.3 Å². The number of amides is 1. The minimum Gasteiger partial charge on any atom is -0.491 e. The van der Waals surface area contributed by atoms with Gasteiger partial charge in [-0.15, -0.1) is 11.3 Å². The van der Waals surface area contributed by atoms with Crippen molar-refractivity contribution in [2.45, 2.75) is 24.2 Å². The Hall–Kier alpha value is -2.84. The van der Waals surface area contributed by atoms with Gasteiger partial charge >= 0.3 is 0 Å². The molecule has 2 aromatic carbocycles. The molecule has 0 bridgehead atoms. The summed E-state index contributed by atoms with van der Waals surface area (Å²) in [5.41, 5.74) is 1.52. The van der Waals surface area contributed by atoms with Gasteiger partial charge in [0, 0.05) is 24.4 Å². The van der Waals surface area contributed by atoms with E-state index in [0.29, 0.717) is 22.7 Å². The van der Waals surface area contributed by atoms with E-state index in [0.717, 1.165) is 11.3 Å². The van der Waals surface area contributed by atoms with E-state index in [9.17, 15) is 13.2 Å². The van der Waals surface area contributed by atoms with Crippen molar-refractivity contribution in [2.75, 3.05) is 16.7 Å². The number of benzene rings is 2. The normalized spacial score (nSPS) is 11.3. The van der Waals surface area contributed by atoms with Crippen LogP contribution in [0.3, 0.4) is 0 Å². The van der Waals surface area contributed by atoms with Gasteiger partial charge in [0.2, 0.25) is 0 Å². The summed E-state index contributed by atoms with van der Waals surface area (Å²) in [4.78, 5) is 12.5. The van der Waals surface area contributed by atoms with Crippen molar-refractivity contribution in [3.63, 3.8) is 0 Å². The van der Waals surface area contributed by atoms with Crippen LogP contribution in [0, 0.1) is 0 Å². The van der Waals surface area contributed by atoms with E-state index in [1.54, 1.807) is 60.0 Å². The van der Waals surface area contributed by atoms with Crippen LogP contribution < -0.4 is 14.4 Å². The van der Waals surface area contributed by atoms with Crippen molar-refractivity contribution >= 4 is 38.6 Å². The zero-order valence-electron chi connectivity index (χ0n) is 16.3. The van der Waals surface area contributed by atoms with Crippen LogP contribution in [-0.2, 0) is 10.0 Å². The monoisotopic (exact) mass is 430 g/mol. The average molecular weight is 431 g/mol. The lowest BCUT2D eigenvalue weighted by Crippen LogP contribution is -2.25. The fourth-order valence-electron chi connectivity index (χ4n) is 2.63. The van der Waals surface area contributed by atoms with E-state index in [2.05, 4.69) is 5.32 Å². The topological polar surface area (TPSA) is 75.7 Å². The standard InChI is InChI=1S/C21H22N2O4S2/c1-15(2)27-19-7-4-6-17(14-19)22-21(24)16-9-11-18(12-10-16)23(3)29(25,26)20-8-5-13-28-20/h4-15H,1-3H3,(H,22,24). The number of anilines is 2. The van der Waals surface area contributed by atoms with E-state index in [1.165, 1.54) is 11.4 Å². The maximum atomic E-state index is 12.6. The summed E-state index contributed by atoms with van der Waals surface area (Å²) >= 11 is 1.16. The Morgan fingerprint density at radius 3 is 2.41 bits per heavy atom. The van der Waals surface area contributed by atoms with Crippen molar-refractivity contribution in [1.82, 2.24) is 0 Å². The Labute approximate surface area is 174 Å². The van der Waals surface area contributed by atoms with Crippen molar-refractivity contribution in [3.05, 3.63) is 71.6 Å². The number of rotatable bonds is 7. The second-order valence-corrected chi connectivity index (χ2v) is 9.74. The minimum atomic E-state index is -3.61. The molecule has 3 aromatic rings. The predicted octanol–water partition coefficient (Wildman–Crippen LogP) is 4.61. The van der Waals surface area contributed by atoms with Crippen molar-refractivity contribution in [3.8, 4) is 5.75 Å². The van der Waals surface area contributed by atoms with Gasteiger partial charge in [-0.05, 0) is 61.7 Å². The maximum absolute atomic E-state index is 12.6. The van der Waals surface area contributed by atoms with Crippen molar-refractivity contribution < 1.29 is 17.9 Å². The van der Waals surface area contributed by atoms with Crippen LogP contribution in [0.15, 0.2) is 70.3 Å². The number of hydrogen-bond acceptors (Lipinski definition) is 5. The Bertz CT molecular complexity index is 1080. The van der Waals surface area contributed by atoms with Crippen molar-refractivity contribution in [1.29, 1.82) is 0 Å². The minimum absolute atomic E-state index is 0.0379. The number of nitrogens with one attached hydrogen (secondary N) is 1. The number of carbonyl (C=O) groups is 1. The first-order valence-electron chi connectivity index (χ1n) is 8.98. The van der Waals surface area contributed by atoms with Crippen LogP contribution in [0.2, 0.25) is 0 Å². The van der Waals surface area contributed by atoms with Crippen LogP contribution in [0.1, 0.15) is 24.2 Å². The van der Waals surface area contributed by atoms with E-state index in [-0.39, 0.29) is 16.2 Å². The number of carbonyl (C=O) groups excluding carboxylic acids is 1. The molecule has 1 amide bonds. The number of hydrogen-bond donors (Lipinski definition) is 1. The van der Waals surface area contributed by atoms with Crippen LogP contribution in [0.5, 0.6) is 5.75 Å². The first-order chi connectivity index (χ1) is 13.8. The highest BCUT2D eigenvalue weighted by Gasteiger charge is 2.22. The molecule has 0 fully saturated rings. The highest BCUT2D eigenvalue weighted by Crippen LogP contribution is 2.25. The molecule has 0 radical (unpaired) electrons. The molecule has 0 saturated carbocycles. The van der Waals surface area contributed by atoms with Gasteiger partial charge in [0.15, 0.2) is 0 Å². The summed E-state index contributed by atoms with van der Waals surface area (Å²) in [5.74, 6) is 0.385. The first kappa shape index (κ1) is 20.9. The average Bonchev–Trinajstić information content (AvgIpc) is 3.23. The Morgan fingerprint density at radius 2 is 1.79 bits per heavy atom. The molecule has 1 heterocycles. The second-order valence-electron chi connectivity index (χ2n) is 6.60. The fourth-order valence-corrected chi connectivity index (χ4v) is 4.99. The SMILES string of the molecule is CC(C)Oc1cccc(NC(=O)c2ccc(N(C)S(=O)(=O)c3cccs3)cc2)c1. The maximum Gasteiger partial charge on any atom is 0.273 e. The lowest BCUT2D eigenvalue weighted by Gasteiger charge is -2.18. The summed E-state index contributed by atoms with van der Waals surface area (Å²) in [7, 11) is -2.12. The number of thiophene rings is 1. The summed E-state index contributed by atoms with van der Waals surface area (Å²) in [6, 6.07) is 16.8. The molecule has 3 rings (SSSR count). The third kappa shape index (κ3) is 4.96. The summed E-state index contributed by atoms with van der Waals surface area (Å²) < 4.78 is 32.3. The molecule has 8 heteroatoms. The molecule has 1 N–H and O–H groups in total. The molecule has 1 aromatic heterocycles. The Balaban J connectivity index is 1.72. The number of sulfonamides is 1. The molecular weight excluding hydrogens is 408 g/mol. The molecular formula is C21H22N2O4S2. The Morgan fingerprint density at radius 1 is 1.07 bits per heavy atom. The van der Waals surface area contributed by atoms with Gasteiger partial charge in [-0.1, -0.05) is 12.1 Å². The van der Waals surface area contributed by atoms with Gasteiger partial charge in [0.05, 0.1) is 11.8 Å². The van der Waals surface area contributed by atoms with E-state index in [4.69, 9.17) is 4.74 Å². The fraction of sp³-hybridized carbons (Fsp3) is 0.190. The third-order valence-electron chi connectivity index (χ3n) is 4.07. The van der Waals surface area contributed by atoms with Gasteiger partial charge in [-0.25, -0.2) is 8.42 Å². The molecule has 0 atom stereocenters. The lowest BCUT2D eigenvalue weighted by atomic mass is 10.2. The number of ether oxygens (including phenoxy) is 1. The molecule has 0 unspecified atom stereocenters. The van der Waals surface area contributed by atoms with Gasteiger partial charge in [0.25, 0.3) is 15.9 Å². The molecule has 0 aliphatic carbocycles. The van der Waals surface area contributed by atoms with E-state index in [1.807, 2.05) is 19.9 Å². The summed E-state index contributed by atoms with van der Waals surface area (Å²) in [5, 5.41) is 4.54. The van der Waals surface area contributed by atoms with Gasteiger partial charge < -0.3 is 10.1 Å². The first-order valence-corrected chi connectivity index (χ1v) is 11.3. The molecule has 29 heavy (non-hydrogen) atoms. The molecule has 0 aliphatic heterocycles. The second kappa shape index (κ2) is 8.67. The summed E-state index contributed by atoms with van der Waals surface area (Å²) in [6.45, 7) is 3.87. The molecule has 0 saturated heterocycles. The largest absolute Gasteiger partial charge is 0.491 e. The molecule has 152 valence electrons. The molecule has 6 nitrogen and oxygen atoms in total. The quantitative estimate of drug-likeness (QED) is 0.594. The van der Waals surface area contributed by atoms with Crippen LogP contribution in [-0.4, -0.2) is 27.5 Å².